The third-order valence-electron chi connectivity index (χ3n) is 2.53. The van der Waals surface area contributed by atoms with Crippen molar-refractivity contribution in [3.63, 3.8) is 0 Å². The molecule has 0 fully saturated rings. The summed E-state index contributed by atoms with van der Waals surface area (Å²) in [6, 6.07) is 5.71. The molecular formula is C13H11BrF2N2. The van der Waals surface area contributed by atoms with E-state index in [9.17, 15) is 8.78 Å². The zero-order valence-corrected chi connectivity index (χ0v) is 11.3. The molecule has 0 saturated carbocycles. The molecule has 1 heterocycles. The van der Waals surface area contributed by atoms with Crippen LogP contribution in [0.15, 0.2) is 34.9 Å². The fourth-order valence-electron chi connectivity index (χ4n) is 1.50. The van der Waals surface area contributed by atoms with Crippen LogP contribution in [0.2, 0.25) is 0 Å². The van der Waals surface area contributed by atoms with Crippen LogP contribution in [0.4, 0.5) is 14.6 Å². The molecule has 5 heteroatoms. The average molecular weight is 313 g/mol. The molecule has 0 aliphatic rings. The van der Waals surface area contributed by atoms with Gasteiger partial charge in [-0.1, -0.05) is 6.07 Å². The van der Waals surface area contributed by atoms with Crippen molar-refractivity contribution >= 4 is 21.7 Å². The Morgan fingerprint density at radius 2 is 2.00 bits per heavy atom. The van der Waals surface area contributed by atoms with E-state index in [-0.39, 0.29) is 0 Å². The Bertz CT molecular complexity index is 573. The van der Waals surface area contributed by atoms with E-state index in [1.165, 1.54) is 12.1 Å². The van der Waals surface area contributed by atoms with Crippen molar-refractivity contribution in [2.75, 3.05) is 5.32 Å². The third kappa shape index (κ3) is 2.85. The Hall–Kier alpha value is -1.49. The van der Waals surface area contributed by atoms with Gasteiger partial charge in [0.1, 0.15) is 5.82 Å². The first kappa shape index (κ1) is 13.0. The first-order chi connectivity index (χ1) is 8.58. The van der Waals surface area contributed by atoms with Crippen molar-refractivity contribution in [2.45, 2.75) is 13.5 Å². The van der Waals surface area contributed by atoms with Gasteiger partial charge in [-0.05, 0) is 52.2 Å². The molecular weight excluding hydrogens is 302 g/mol. The number of aryl methyl sites for hydroxylation is 1. The topological polar surface area (TPSA) is 24.9 Å². The van der Waals surface area contributed by atoms with Crippen LogP contribution in [0, 0.1) is 18.6 Å². The summed E-state index contributed by atoms with van der Waals surface area (Å²) < 4.78 is 26.7. The van der Waals surface area contributed by atoms with E-state index in [0.29, 0.717) is 17.9 Å². The Morgan fingerprint density at radius 1 is 1.22 bits per heavy atom. The molecule has 94 valence electrons. The molecule has 0 bridgehead atoms. The largest absolute Gasteiger partial charge is 0.365 e. The molecule has 2 rings (SSSR count). The maximum Gasteiger partial charge on any atom is 0.159 e. The van der Waals surface area contributed by atoms with Gasteiger partial charge in [-0.2, -0.15) is 0 Å². The minimum Gasteiger partial charge on any atom is -0.365 e. The Kier molecular flexibility index (Phi) is 3.91. The van der Waals surface area contributed by atoms with Crippen molar-refractivity contribution < 1.29 is 8.78 Å². The van der Waals surface area contributed by atoms with E-state index in [4.69, 9.17) is 0 Å². The number of halogens is 3. The lowest BCUT2D eigenvalue weighted by atomic mass is 10.2. The average Bonchev–Trinajstić information content (AvgIpc) is 2.35. The summed E-state index contributed by atoms with van der Waals surface area (Å²) in [6.07, 6.45) is 1.69. The summed E-state index contributed by atoms with van der Waals surface area (Å²) in [5, 5.41) is 3.07. The monoisotopic (exact) mass is 312 g/mol. The van der Waals surface area contributed by atoms with E-state index in [2.05, 4.69) is 26.2 Å². The van der Waals surface area contributed by atoms with Gasteiger partial charge in [0.2, 0.25) is 0 Å². The molecule has 1 aromatic carbocycles. The Balaban J connectivity index is 2.11. The highest BCUT2D eigenvalue weighted by atomic mass is 79.9. The predicted octanol–water partition coefficient (Wildman–Crippen LogP) is 4.04. The van der Waals surface area contributed by atoms with Crippen molar-refractivity contribution in [3.05, 3.63) is 57.7 Å². The molecule has 2 nitrogen and oxygen atoms in total. The van der Waals surface area contributed by atoms with Gasteiger partial charge in [0.15, 0.2) is 11.6 Å². The van der Waals surface area contributed by atoms with Crippen LogP contribution >= 0.6 is 15.9 Å². The third-order valence-corrected chi connectivity index (χ3v) is 3.53. The van der Waals surface area contributed by atoms with Gasteiger partial charge >= 0.3 is 0 Å². The number of nitrogens with one attached hydrogen (secondary N) is 1. The van der Waals surface area contributed by atoms with Crippen LogP contribution in [0.25, 0.3) is 0 Å². The Morgan fingerprint density at radius 3 is 2.72 bits per heavy atom. The SMILES string of the molecule is Cc1ccnc(NCc2ccc(F)c(F)c2)c1Br. The molecule has 0 saturated heterocycles. The van der Waals surface area contributed by atoms with E-state index in [1.807, 2.05) is 13.0 Å². The van der Waals surface area contributed by atoms with Crippen LogP contribution < -0.4 is 5.32 Å². The number of aromatic nitrogens is 1. The molecule has 0 spiro atoms. The summed E-state index contributed by atoms with van der Waals surface area (Å²) >= 11 is 3.42. The fourth-order valence-corrected chi connectivity index (χ4v) is 1.87. The quantitative estimate of drug-likeness (QED) is 0.925. The summed E-state index contributed by atoms with van der Waals surface area (Å²) in [7, 11) is 0. The van der Waals surface area contributed by atoms with Crippen LogP contribution in [0.3, 0.4) is 0 Å². The molecule has 0 aliphatic carbocycles. The lowest BCUT2D eigenvalue weighted by molar-refractivity contribution is 0.507. The van der Waals surface area contributed by atoms with Crippen molar-refractivity contribution in [3.8, 4) is 0 Å². The minimum absolute atomic E-state index is 0.381. The van der Waals surface area contributed by atoms with Gasteiger partial charge in [0.05, 0.1) is 4.47 Å². The highest BCUT2D eigenvalue weighted by molar-refractivity contribution is 9.10. The second-order valence-corrected chi connectivity index (χ2v) is 4.69. The van der Waals surface area contributed by atoms with Gasteiger partial charge in [-0.3, -0.25) is 0 Å². The van der Waals surface area contributed by atoms with Crippen molar-refractivity contribution in [1.29, 1.82) is 0 Å². The van der Waals surface area contributed by atoms with Crippen LogP contribution in [-0.4, -0.2) is 4.98 Å². The lowest BCUT2D eigenvalue weighted by Crippen LogP contribution is -2.03. The number of rotatable bonds is 3. The zero-order chi connectivity index (χ0) is 13.1. The second kappa shape index (κ2) is 5.44. The number of anilines is 1. The number of hydrogen-bond acceptors (Lipinski definition) is 2. The maximum atomic E-state index is 13.0. The Labute approximate surface area is 112 Å². The molecule has 0 amide bonds. The van der Waals surface area contributed by atoms with E-state index < -0.39 is 11.6 Å². The van der Waals surface area contributed by atoms with E-state index >= 15 is 0 Å². The fraction of sp³-hybridized carbons (Fsp3) is 0.154. The minimum atomic E-state index is -0.842. The molecule has 1 aromatic heterocycles. The maximum absolute atomic E-state index is 13.0. The molecule has 2 aromatic rings. The van der Waals surface area contributed by atoms with Crippen LogP contribution in [0.1, 0.15) is 11.1 Å². The standard InChI is InChI=1S/C13H11BrF2N2/c1-8-4-5-17-13(12(8)14)18-7-9-2-3-10(15)11(16)6-9/h2-6H,7H2,1H3,(H,17,18). The normalized spacial score (nSPS) is 10.4. The number of hydrogen-bond donors (Lipinski definition) is 1. The van der Waals surface area contributed by atoms with Crippen molar-refractivity contribution in [2.24, 2.45) is 0 Å². The molecule has 0 aliphatic heterocycles. The highest BCUT2D eigenvalue weighted by Gasteiger charge is 2.05. The zero-order valence-electron chi connectivity index (χ0n) is 9.67. The van der Waals surface area contributed by atoms with Gasteiger partial charge in [0, 0.05) is 12.7 Å². The van der Waals surface area contributed by atoms with Gasteiger partial charge in [-0.15, -0.1) is 0 Å². The summed E-state index contributed by atoms with van der Waals surface area (Å²) in [5.74, 6) is -1.00. The molecule has 18 heavy (non-hydrogen) atoms. The summed E-state index contributed by atoms with van der Waals surface area (Å²) in [4.78, 5) is 4.17. The van der Waals surface area contributed by atoms with Crippen LogP contribution in [0.5, 0.6) is 0 Å². The van der Waals surface area contributed by atoms with Gasteiger partial charge in [0.25, 0.3) is 0 Å². The number of benzene rings is 1. The van der Waals surface area contributed by atoms with Crippen molar-refractivity contribution in [1.82, 2.24) is 4.98 Å². The van der Waals surface area contributed by atoms with Crippen LogP contribution in [-0.2, 0) is 6.54 Å². The number of pyridine rings is 1. The lowest BCUT2D eigenvalue weighted by Gasteiger charge is -2.09. The second-order valence-electron chi connectivity index (χ2n) is 3.89. The summed E-state index contributed by atoms with van der Waals surface area (Å²) in [6.45, 7) is 2.33. The first-order valence-electron chi connectivity index (χ1n) is 5.37. The summed E-state index contributed by atoms with van der Waals surface area (Å²) in [5.41, 5.74) is 1.71. The van der Waals surface area contributed by atoms with E-state index in [1.54, 1.807) is 6.20 Å². The predicted molar refractivity (Wildman–Crippen MR) is 70.4 cm³/mol. The smallest absolute Gasteiger partial charge is 0.159 e. The highest BCUT2D eigenvalue weighted by Crippen LogP contribution is 2.23. The van der Waals surface area contributed by atoms with Gasteiger partial charge in [-0.25, -0.2) is 13.8 Å². The number of nitrogens with zero attached hydrogens (tertiary/aromatic N) is 1. The van der Waals surface area contributed by atoms with E-state index in [0.717, 1.165) is 16.1 Å². The molecule has 1 N–H and O–H groups in total. The first-order valence-corrected chi connectivity index (χ1v) is 6.16. The molecule has 0 unspecified atom stereocenters. The molecule has 0 atom stereocenters. The van der Waals surface area contributed by atoms with Gasteiger partial charge < -0.3 is 5.32 Å². The molecule has 0 radical (unpaired) electrons.